The third kappa shape index (κ3) is 2.28. The van der Waals surface area contributed by atoms with Gasteiger partial charge in [-0.2, -0.15) is 0 Å². The van der Waals surface area contributed by atoms with Crippen molar-refractivity contribution in [2.45, 2.75) is 13.8 Å². The first-order valence-electron chi connectivity index (χ1n) is 9.24. The molecule has 0 amide bonds. The lowest BCUT2D eigenvalue weighted by molar-refractivity contribution is -0.660. The van der Waals surface area contributed by atoms with Crippen molar-refractivity contribution in [2.75, 3.05) is 0 Å². The molecule has 2 aromatic heterocycles. The number of benzene rings is 2. The third-order valence-electron chi connectivity index (χ3n) is 4.44. The summed E-state index contributed by atoms with van der Waals surface area (Å²) in [5.74, 6) is -0.779. The molecule has 0 aliphatic heterocycles. The minimum Gasteiger partial charge on any atom is -0.456 e. The highest BCUT2D eigenvalue weighted by Crippen LogP contribution is 2.39. The molecule has 4 rings (SSSR count). The molecule has 0 radical (unpaired) electrons. The zero-order chi connectivity index (χ0) is 20.2. The SMILES string of the molecule is [2H]C([2H])([2H])c1c[n+](C)c(-c2c(C)ccc3oc4ccc([N+]#[C-])cc4c23)cc1F. The average molecular weight is 334 g/mol. The molecule has 4 aromatic rings. The van der Waals surface area contributed by atoms with Gasteiger partial charge in [0, 0.05) is 26.5 Å². The summed E-state index contributed by atoms with van der Waals surface area (Å²) in [6, 6.07) is 10.2. The number of rotatable bonds is 1. The van der Waals surface area contributed by atoms with Crippen LogP contribution in [0.5, 0.6) is 0 Å². The average Bonchev–Trinajstić information content (AvgIpc) is 3.00. The predicted molar refractivity (Wildman–Crippen MR) is 96.0 cm³/mol. The molecule has 0 aliphatic rings. The Hall–Kier alpha value is -3.19. The van der Waals surface area contributed by atoms with Crippen molar-refractivity contribution in [1.82, 2.24) is 0 Å². The summed E-state index contributed by atoms with van der Waals surface area (Å²) in [5, 5.41) is 1.54. The molecule has 0 N–H and O–H groups in total. The number of halogens is 1. The van der Waals surface area contributed by atoms with Gasteiger partial charge in [-0.1, -0.05) is 12.1 Å². The molecule has 0 saturated carbocycles. The van der Waals surface area contributed by atoms with Gasteiger partial charge >= 0.3 is 0 Å². The van der Waals surface area contributed by atoms with Gasteiger partial charge in [-0.15, -0.1) is 0 Å². The van der Waals surface area contributed by atoms with Crippen LogP contribution >= 0.6 is 0 Å². The standard InChI is InChI=1S/C21H16FN2O/c1-12-5-7-19-21(15-9-14(23-3)6-8-18(15)25-19)20(12)17-10-16(22)13(2)11-24(17)4/h5-11H,1-2,4H3/q+1/i2D3. The van der Waals surface area contributed by atoms with E-state index >= 15 is 0 Å². The fourth-order valence-electron chi connectivity index (χ4n) is 3.23. The Bertz CT molecular complexity index is 1300. The van der Waals surface area contributed by atoms with Crippen LogP contribution in [0.2, 0.25) is 0 Å². The fraction of sp³-hybridized carbons (Fsp3) is 0.143. The highest BCUT2D eigenvalue weighted by atomic mass is 19.1. The van der Waals surface area contributed by atoms with Crippen LogP contribution in [0.4, 0.5) is 10.1 Å². The van der Waals surface area contributed by atoms with Crippen molar-refractivity contribution in [3.05, 3.63) is 71.0 Å². The van der Waals surface area contributed by atoms with Gasteiger partial charge in [-0.3, -0.25) is 0 Å². The molecule has 122 valence electrons. The van der Waals surface area contributed by atoms with Crippen LogP contribution in [0.15, 0.2) is 47.0 Å². The number of aromatic nitrogens is 1. The number of fused-ring (bicyclic) bond motifs is 3. The van der Waals surface area contributed by atoms with E-state index in [-0.39, 0.29) is 5.56 Å². The van der Waals surface area contributed by atoms with Crippen molar-refractivity contribution in [3.63, 3.8) is 0 Å². The normalized spacial score (nSPS) is 13.4. The number of aryl methyl sites for hydroxylation is 3. The van der Waals surface area contributed by atoms with Gasteiger partial charge in [0.25, 0.3) is 0 Å². The van der Waals surface area contributed by atoms with Crippen LogP contribution in [0.3, 0.4) is 0 Å². The predicted octanol–water partition coefficient (Wildman–Crippen LogP) is 5.38. The molecular formula is C21H16FN2O+. The number of hydrogen-bond donors (Lipinski definition) is 0. The first-order chi connectivity index (χ1) is 13.2. The van der Waals surface area contributed by atoms with E-state index in [9.17, 15) is 4.39 Å². The zero-order valence-electron chi connectivity index (χ0n) is 16.7. The molecule has 0 unspecified atom stereocenters. The summed E-state index contributed by atoms with van der Waals surface area (Å²) in [7, 11) is 1.69. The van der Waals surface area contributed by atoms with E-state index in [1.165, 1.54) is 12.3 Å². The lowest BCUT2D eigenvalue weighted by Crippen LogP contribution is -2.31. The van der Waals surface area contributed by atoms with Crippen LogP contribution in [-0.2, 0) is 7.05 Å². The smallest absolute Gasteiger partial charge is 0.216 e. The Labute approximate surface area is 149 Å². The molecule has 0 aliphatic carbocycles. The van der Waals surface area contributed by atoms with Crippen molar-refractivity contribution in [2.24, 2.45) is 7.05 Å². The van der Waals surface area contributed by atoms with E-state index < -0.39 is 12.7 Å². The maximum absolute atomic E-state index is 14.7. The molecule has 0 spiro atoms. The van der Waals surface area contributed by atoms with Crippen molar-refractivity contribution < 1.29 is 17.5 Å². The summed E-state index contributed by atoms with van der Waals surface area (Å²) < 4.78 is 44.8. The Morgan fingerprint density at radius 3 is 2.72 bits per heavy atom. The summed E-state index contributed by atoms with van der Waals surface area (Å²) in [5.41, 5.74) is 3.59. The third-order valence-corrected chi connectivity index (χ3v) is 4.44. The minimum absolute atomic E-state index is 0.323. The zero-order valence-corrected chi connectivity index (χ0v) is 13.7. The van der Waals surface area contributed by atoms with Gasteiger partial charge in [0.1, 0.15) is 24.0 Å². The lowest BCUT2D eigenvalue weighted by Gasteiger charge is -2.07. The summed E-state index contributed by atoms with van der Waals surface area (Å²) in [6.07, 6.45) is 1.31. The van der Waals surface area contributed by atoms with Gasteiger partial charge in [-0.25, -0.2) is 13.8 Å². The van der Waals surface area contributed by atoms with Gasteiger partial charge in [0.05, 0.1) is 12.1 Å². The molecule has 3 nitrogen and oxygen atoms in total. The van der Waals surface area contributed by atoms with Crippen molar-refractivity contribution in [1.29, 1.82) is 0 Å². The molecule has 0 fully saturated rings. The van der Waals surface area contributed by atoms with Crippen LogP contribution < -0.4 is 4.57 Å². The van der Waals surface area contributed by atoms with Crippen LogP contribution in [0.1, 0.15) is 15.2 Å². The number of hydrogen-bond acceptors (Lipinski definition) is 1. The van der Waals surface area contributed by atoms with E-state index in [2.05, 4.69) is 4.85 Å². The number of nitrogens with zero attached hydrogens (tertiary/aromatic N) is 2. The van der Waals surface area contributed by atoms with Crippen molar-refractivity contribution >= 4 is 27.6 Å². The van der Waals surface area contributed by atoms with E-state index in [1.54, 1.807) is 29.8 Å². The molecule has 0 bridgehead atoms. The molecule has 25 heavy (non-hydrogen) atoms. The second kappa shape index (κ2) is 5.42. The Balaban J connectivity index is 2.11. The highest BCUT2D eigenvalue weighted by molar-refractivity contribution is 6.13. The fourth-order valence-corrected chi connectivity index (χ4v) is 3.23. The van der Waals surface area contributed by atoms with E-state index in [0.29, 0.717) is 22.5 Å². The lowest BCUT2D eigenvalue weighted by atomic mass is 9.97. The largest absolute Gasteiger partial charge is 0.456 e. The van der Waals surface area contributed by atoms with Crippen LogP contribution in [0.25, 0.3) is 38.0 Å². The molecule has 0 atom stereocenters. The maximum atomic E-state index is 14.7. The number of furan rings is 1. The summed E-state index contributed by atoms with van der Waals surface area (Å²) >= 11 is 0. The van der Waals surface area contributed by atoms with Gasteiger partial charge in [0.15, 0.2) is 11.9 Å². The molecule has 4 heteroatoms. The maximum Gasteiger partial charge on any atom is 0.216 e. The molecule has 2 aromatic carbocycles. The topological polar surface area (TPSA) is 21.4 Å². The second-order valence-corrected chi connectivity index (χ2v) is 6.06. The monoisotopic (exact) mass is 334 g/mol. The van der Waals surface area contributed by atoms with Gasteiger partial charge < -0.3 is 4.42 Å². The molecule has 2 heterocycles. The Morgan fingerprint density at radius 2 is 1.96 bits per heavy atom. The first kappa shape index (κ1) is 12.2. The van der Waals surface area contributed by atoms with Crippen LogP contribution in [-0.4, -0.2) is 0 Å². The summed E-state index contributed by atoms with van der Waals surface area (Å²) in [4.78, 5) is 3.48. The van der Waals surface area contributed by atoms with Gasteiger partial charge in [-0.05, 0) is 37.5 Å². The second-order valence-electron chi connectivity index (χ2n) is 6.06. The highest BCUT2D eigenvalue weighted by Gasteiger charge is 2.22. The Morgan fingerprint density at radius 1 is 1.16 bits per heavy atom. The van der Waals surface area contributed by atoms with Gasteiger partial charge in [0.2, 0.25) is 5.69 Å². The molecule has 0 saturated heterocycles. The van der Waals surface area contributed by atoms with E-state index in [4.69, 9.17) is 15.1 Å². The van der Waals surface area contributed by atoms with Crippen molar-refractivity contribution in [3.8, 4) is 11.3 Å². The van der Waals surface area contributed by atoms with E-state index in [1.807, 2.05) is 19.1 Å². The number of pyridine rings is 1. The quantitative estimate of drug-likeness (QED) is 0.338. The van der Waals surface area contributed by atoms with Crippen LogP contribution in [0, 0.1) is 26.2 Å². The van der Waals surface area contributed by atoms with E-state index in [0.717, 1.165) is 21.9 Å². The minimum atomic E-state index is -2.53. The Kier molecular flexibility index (Phi) is 2.65. The molecular weight excluding hydrogens is 315 g/mol. The first-order valence-corrected chi connectivity index (χ1v) is 7.74. The summed E-state index contributed by atoms with van der Waals surface area (Å²) in [6.45, 7) is 6.64.